The molecular weight excluding hydrogens is 224 g/mol. The number of halogens is 3. The summed E-state index contributed by atoms with van der Waals surface area (Å²) in [5, 5.41) is 0. The fourth-order valence-electron chi connectivity index (χ4n) is 1.81. The summed E-state index contributed by atoms with van der Waals surface area (Å²) >= 11 is 11.4. The third-order valence-corrected chi connectivity index (χ3v) is 2.93. The Morgan fingerprint density at radius 3 is 2.43 bits per heavy atom. The summed E-state index contributed by atoms with van der Waals surface area (Å²) in [4.78, 5) is 2.25. The third kappa shape index (κ3) is 3.76. The molecule has 1 nitrogen and oxygen atoms in total. The minimum atomic E-state index is 0.0259. The predicted octanol–water partition coefficient (Wildman–Crippen LogP) is 3.17. The second-order valence-electron chi connectivity index (χ2n) is 3.49. The lowest BCUT2D eigenvalue weighted by atomic mass is 9.99. The molecule has 0 amide bonds. The molecule has 0 radical (unpaired) electrons. The Morgan fingerprint density at radius 2 is 2.00 bits per heavy atom. The Balaban J connectivity index is 2.43. The minimum absolute atomic E-state index is 0.0259. The van der Waals surface area contributed by atoms with Gasteiger partial charge in [-0.2, -0.15) is 0 Å². The van der Waals surface area contributed by atoms with Gasteiger partial charge in [-0.05, 0) is 12.8 Å². The van der Waals surface area contributed by atoms with E-state index in [4.69, 9.17) is 23.2 Å². The van der Waals surface area contributed by atoms with Crippen molar-refractivity contribution in [3.63, 3.8) is 0 Å². The summed E-state index contributed by atoms with van der Waals surface area (Å²) in [7, 11) is 0. The van der Waals surface area contributed by atoms with E-state index in [2.05, 4.69) is 4.90 Å². The molecule has 0 saturated carbocycles. The van der Waals surface area contributed by atoms with Crippen LogP contribution in [0, 0.1) is 0 Å². The van der Waals surface area contributed by atoms with Gasteiger partial charge in [0.05, 0.1) is 5.83 Å². The molecule has 0 spiro atoms. The van der Waals surface area contributed by atoms with E-state index in [1.54, 1.807) is 6.08 Å². The van der Waals surface area contributed by atoms with Gasteiger partial charge in [0.1, 0.15) is 0 Å². The second-order valence-corrected chi connectivity index (χ2v) is 4.25. The highest BCUT2D eigenvalue weighted by atomic mass is 35.5. The lowest BCUT2D eigenvalue weighted by Crippen LogP contribution is -2.38. The Labute approximate surface area is 94.9 Å². The van der Waals surface area contributed by atoms with Crippen LogP contribution in [-0.4, -0.2) is 35.8 Å². The van der Waals surface area contributed by atoms with Gasteiger partial charge < -0.3 is 0 Å². The maximum Gasteiger partial charge on any atom is 0.0961 e. The molecule has 0 aromatic heterocycles. The van der Waals surface area contributed by atoms with Crippen LogP contribution in [0.15, 0.2) is 11.9 Å². The molecule has 0 aromatic carbocycles. The molecule has 0 heterocycles. The molecule has 1 rings (SSSR count). The van der Waals surface area contributed by atoms with Gasteiger partial charge >= 0.3 is 0 Å². The van der Waals surface area contributed by atoms with Crippen LogP contribution in [0.1, 0.15) is 19.3 Å². The Hall–Kier alpha value is 0.210. The van der Waals surface area contributed by atoms with Crippen LogP contribution in [0.4, 0.5) is 4.39 Å². The first-order valence-electron chi connectivity index (χ1n) is 4.98. The quantitative estimate of drug-likeness (QED) is 0.667. The van der Waals surface area contributed by atoms with E-state index >= 15 is 0 Å². The molecule has 1 aliphatic rings. The molecule has 0 aromatic rings. The van der Waals surface area contributed by atoms with Crippen LogP contribution in [0.2, 0.25) is 0 Å². The van der Waals surface area contributed by atoms with Crippen LogP contribution in [-0.2, 0) is 0 Å². The van der Waals surface area contributed by atoms with Crippen molar-refractivity contribution in [3.8, 4) is 0 Å². The molecule has 0 fully saturated rings. The standard InChI is InChI=1S/C10H16Cl2FN/c11-5-7-14(8-6-12)10-3-1-9(13)2-4-10/h1,10H,2-8H2. The molecule has 0 saturated heterocycles. The van der Waals surface area contributed by atoms with E-state index in [1.165, 1.54) is 0 Å². The van der Waals surface area contributed by atoms with Crippen LogP contribution in [0.5, 0.6) is 0 Å². The zero-order valence-electron chi connectivity index (χ0n) is 8.19. The number of allylic oxidation sites excluding steroid dienone is 1. The number of nitrogens with zero attached hydrogens (tertiary/aromatic N) is 1. The van der Waals surface area contributed by atoms with E-state index in [1.807, 2.05) is 0 Å². The van der Waals surface area contributed by atoms with Crippen LogP contribution < -0.4 is 0 Å². The summed E-state index contributed by atoms with van der Waals surface area (Å²) in [5.41, 5.74) is 0. The summed E-state index contributed by atoms with van der Waals surface area (Å²) in [6, 6.07) is 0.423. The highest BCUT2D eigenvalue weighted by Gasteiger charge is 2.20. The topological polar surface area (TPSA) is 3.24 Å². The fraction of sp³-hybridized carbons (Fsp3) is 0.800. The zero-order chi connectivity index (χ0) is 10.4. The minimum Gasteiger partial charge on any atom is -0.298 e. The summed E-state index contributed by atoms with van der Waals surface area (Å²) in [5.74, 6) is 1.25. The van der Waals surface area contributed by atoms with Crippen LogP contribution in [0.3, 0.4) is 0 Å². The molecular formula is C10H16Cl2FN. The summed E-state index contributed by atoms with van der Waals surface area (Å²) < 4.78 is 12.8. The van der Waals surface area contributed by atoms with Gasteiger partial charge in [-0.25, -0.2) is 4.39 Å². The lowest BCUT2D eigenvalue weighted by molar-refractivity contribution is 0.200. The first-order valence-corrected chi connectivity index (χ1v) is 6.05. The van der Waals surface area contributed by atoms with Crippen molar-refractivity contribution in [1.82, 2.24) is 4.90 Å². The molecule has 1 aliphatic carbocycles. The van der Waals surface area contributed by atoms with Crippen molar-refractivity contribution in [2.24, 2.45) is 0 Å². The molecule has 14 heavy (non-hydrogen) atoms. The number of alkyl halides is 2. The van der Waals surface area contributed by atoms with Crippen LogP contribution >= 0.6 is 23.2 Å². The van der Waals surface area contributed by atoms with E-state index < -0.39 is 0 Å². The van der Waals surface area contributed by atoms with Crippen molar-refractivity contribution < 1.29 is 4.39 Å². The first kappa shape index (κ1) is 12.3. The Bertz CT molecular complexity index is 191. The monoisotopic (exact) mass is 239 g/mol. The lowest BCUT2D eigenvalue weighted by Gasteiger charge is -2.31. The zero-order valence-corrected chi connectivity index (χ0v) is 9.70. The smallest absolute Gasteiger partial charge is 0.0961 e. The van der Waals surface area contributed by atoms with Gasteiger partial charge in [-0.15, -0.1) is 23.2 Å². The van der Waals surface area contributed by atoms with Gasteiger partial charge in [0.2, 0.25) is 0 Å². The van der Waals surface area contributed by atoms with Crippen molar-refractivity contribution in [2.75, 3.05) is 24.8 Å². The van der Waals surface area contributed by atoms with Crippen molar-refractivity contribution >= 4 is 23.2 Å². The van der Waals surface area contributed by atoms with Gasteiger partial charge in [0.15, 0.2) is 0 Å². The molecule has 1 atom stereocenters. The fourth-order valence-corrected chi connectivity index (χ4v) is 2.25. The molecule has 0 bridgehead atoms. The number of hydrogen-bond donors (Lipinski definition) is 0. The van der Waals surface area contributed by atoms with Crippen molar-refractivity contribution in [2.45, 2.75) is 25.3 Å². The third-order valence-electron chi connectivity index (χ3n) is 2.59. The molecule has 4 heteroatoms. The molecule has 0 N–H and O–H groups in total. The van der Waals surface area contributed by atoms with Crippen LogP contribution in [0.25, 0.3) is 0 Å². The Morgan fingerprint density at radius 1 is 1.36 bits per heavy atom. The average molecular weight is 240 g/mol. The number of rotatable bonds is 5. The van der Waals surface area contributed by atoms with Crippen molar-refractivity contribution in [1.29, 1.82) is 0 Å². The maximum absolute atomic E-state index is 12.8. The first-order chi connectivity index (χ1) is 6.77. The van der Waals surface area contributed by atoms with E-state index in [0.717, 1.165) is 25.9 Å². The van der Waals surface area contributed by atoms with E-state index in [-0.39, 0.29) is 5.83 Å². The molecule has 0 aliphatic heterocycles. The summed E-state index contributed by atoms with van der Waals surface area (Å²) in [6.07, 6.45) is 3.92. The maximum atomic E-state index is 12.8. The largest absolute Gasteiger partial charge is 0.298 e. The molecule has 1 unspecified atom stereocenters. The van der Waals surface area contributed by atoms with Gasteiger partial charge in [0.25, 0.3) is 0 Å². The van der Waals surface area contributed by atoms with Gasteiger partial charge in [-0.3, -0.25) is 4.90 Å². The van der Waals surface area contributed by atoms with Crippen molar-refractivity contribution in [3.05, 3.63) is 11.9 Å². The second kappa shape index (κ2) is 6.65. The van der Waals surface area contributed by atoms with Gasteiger partial charge in [-0.1, -0.05) is 6.08 Å². The number of hydrogen-bond acceptors (Lipinski definition) is 1. The highest BCUT2D eigenvalue weighted by molar-refractivity contribution is 6.18. The van der Waals surface area contributed by atoms with E-state index in [0.29, 0.717) is 24.2 Å². The summed E-state index contributed by atoms with van der Waals surface area (Å²) in [6.45, 7) is 1.68. The average Bonchev–Trinajstić information content (AvgIpc) is 2.19. The van der Waals surface area contributed by atoms with E-state index in [9.17, 15) is 4.39 Å². The Kier molecular flexibility index (Phi) is 5.83. The SMILES string of the molecule is FC1=CCC(N(CCCl)CCCl)CC1. The highest BCUT2D eigenvalue weighted by Crippen LogP contribution is 2.23. The normalized spacial score (nSPS) is 22.6. The predicted molar refractivity (Wildman–Crippen MR) is 59.8 cm³/mol. The molecule has 82 valence electrons. The van der Waals surface area contributed by atoms with Gasteiger partial charge in [0, 0.05) is 37.3 Å².